The van der Waals surface area contributed by atoms with E-state index in [2.05, 4.69) is 14.9 Å². The standard InChI is InChI=1S/C9H17N5/c1-13(2)4-5-14(3)9-7-11-8(10)6-12-9/h6-7H,4-5H2,1-3H3,(H2,10,11). The van der Waals surface area contributed by atoms with E-state index >= 15 is 0 Å². The van der Waals surface area contributed by atoms with E-state index in [9.17, 15) is 0 Å². The van der Waals surface area contributed by atoms with Gasteiger partial charge in [0.25, 0.3) is 0 Å². The SMILES string of the molecule is CN(C)CCN(C)c1cnc(N)cn1. The van der Waals surface area contributed by atoms with Crippen LogP contribution in [0, 0.1) is 0 Å². The van der Waals surface area contributed by atoms with Gasteiger partial charge in [-0.1, -0.05) is 0 Å². The lowest BCUT2D eigenvalue weighted by molar-refractivity contribution is 0.416. The first kappa shape index (κ1) is 10.7. The maximum atomic E-state index is 5.45. The van der Waals surface area contributed by atoms with Crippen molar-refractivity contribution in [1.82, 2.24) is 14.9 Å². The summed E-state index contributed by atoms with van der Waals surface area (Å²) in [6.07, 6.45) is 3.26. The minimum atomic E-state index is 0.453. The maximum absolute atomic E-state index is 5.45. The van der Waals surface area contributed by atoms with Gasteiger partial charge in [-0.25, -0.2) is 9.97 Å². The minimum Gasteiger partial charge on any atom is -0.382 e. The largest absolute Gasteiger partial charge is 0.382 e. The molecular weight excluding hydrogens is 178 g/mol. The summed E-state index contributed by atoms with van der Waals surface area (Å²) in [7, 11) is 6.08. The summed E-state index contributed by atoms with van der Waals surface area (Å²) in [5.41, 5.74) is 5.45. The van der Waals surface area contributed by atoms with Crippen LogP contribution in [0.4, 0.5) is 11.6 Å². The van der Waals surface area contributed by atoms with Crippen LogP contribution in [-0.2, 0) is 0 Å². The molecule has 2 N–H and O–H groups in total. The molecule has 5 nitrogen and oxygen atoms in total. The molecule has 0 aliphatic rings. The molecule has 0 aliphatic carbocycles. The highest BCUT2D eigenvalue weighted by molar-refractivity contribution is 5.38. The smallest absolute Gasteiger partial charge is 0.147 e. The molecule has 0 unspecified atom stereocenters. The van der Waals surface area contributed by atoms with E-state index in [1.54, 1.807) is 12.4 Å². The Morgan fingerprint density at radius 2 is 1.86 bits per heavy atom. The Kier molecular flexibility index (Phi) is 3.64. The Morgan fingerprint density at radius 1 is 1.14 bits per heavy atom. The lowest BCUT2D eigenvalue weighted by Gasteiger charge is -2.19. The topological polar surface area (TPSA) is 58.3 Å². The van der Waals surface area contributed by atoms with Crippen LogP contribution in [0.5, 0.6) is 0 Å². The first-order chi connectivity index (χ1) is 6.59. The lowest BCUT2D eigenvalue weighted by atomic mass is 10.5. The zero-order chi connectivity index (χ0) is 10.6. The third-order valence-electron chi connectivity index (χ3n) is 1.93. The molecule has 1 rings (SSSR count). The minimum absolute atomic E-state index is 0.453. The Bertz CT molecular complexity index is 269. The molecule has 0 fully saturated rings. The van der Waals surface area contributed by atoms with Gasteiger partial charge >= 0.3 is 0 Å². The van der Waals surface area contributed by atoms with Crippen LogP contribution >= 0.6 is 0 Å². The molecule has 5 heteroatoms. The number of aromatic nitrogens is 2. The van der Waals surface area contributed by atoms with Crippen LogP contribution in [0.2, 0.25) is 0 Å². The fourth-order valence-electron chi connectivity index (χ4n) is 0.993. The predicted molar refractivity (Wildman–Crippen MR) is 58.3 cm³/mol. The summed E-state index contributed by atoms with van der Waals surface area (Å²) in [5.74, 6) is 1.30. The van der Waals surface area contributed by atoms with Crippen molar-refractivity contribution in [3.63, 3.8) is 0 Å². The fraction of sp³-hybridized carbons (Fsp3) is 0.556. The molecule has 0 atom stereocenters. The molecule has 0 amide bonds. The first-order valence-electron chi connectivity index (χ1n) is 4.53. The Balaban J connectivity index is 2.52. The van der Waals surface area contributed by atoms with Crippen LogP contribution in [0.15, 0.2) is 12.4 Å². The molecule has 1 aromatic heterocycles. The van der Waals surface area contributed by atoms with Crippen LogP contribution < -0.4 is 10.6 Å². The van der Waals surface area contributed by atoms with Crippen molar-refractivity contribution in [2.24, 2.45) is 0 Å². The monoisotopic (exact) mass is 195 g/mol. The predicted octanol–water partition coefficient (Wildman–Crippen LogP) is 0.0566. The molecule has 0 bridgehead atoms. The molecule has 0 saturated heterocycles. The summed E-state index contributed by atoms with van der Waals surface area (Å²) in [4.78, 5) is 12.3. The molecule has 14 heavy (non-hydrogen) atoms. The van der Waals surface area contributed by atoms with Gasteiger partial charge in [0.2, 0.25) is 0 Å². The van der Waals surface area contributed by atoms with Crippen molar-refractivity contribution >= 4 is 11.6 Å². The summed E-state index contributed by atoms with van der Waals surface area (Å²) >= 11 is 0. The molecular formula is C9H17N5. The van der Waals surface area contributed by atoms with Crippen LogP contribution in [0.3, 0.4) is 0 Å². The van der Waals surface area contributed by atoms with Crippen LogP contribution in [-0.4, -0.2) is 49.1 Å². The van der Waals surface area contributed by atoms with Crippen molar-refractivity contribution in [3.05, 3.63) is 12.4 Å². The third kappa shape index (κ3) is 3.18. The number of likely N-dealkylation sites (N-methyl/N-ethyl adjacent to an activating group) is 2. The number of nitrogen functional groups attached to an aromatic ring is 1. The number of hydrogen-bond acceptors (Lipinski definition) is 5. The quantitative estimate of drug-likeness (QED) is 0.736. The Morgan fingerprint density at radius 3 is 2.36 bits per heavy atom. The van der Waals surface area contributed by atoms with Crippen molar-refractivity contribution < 1.29 is 0 Å². The molecule has 0 saturated carbocycles. The summed E-state index contributed by atoms with van der Waals surface area (Å²) < 4.78 is 0. The second kappa shape index (κ2) is 4.76. The van der Waals surface area contributed by atoms with Crippen molar-refractivity contribution in [2.45, 2.75) is 0 Å². The van der Waals surface area contributed by atoms with Gasteiger partial charge in [-0.05, 0) is 14.1 Å². The van der Waals surface area contributed by atoms with E-state index in [1.165, 1.54) is 0 Å². The molecule has 1 heterocycles. The Labute approximate surface area is 84.6 Å². The summed E-state index contributed by atoms with van der Waals surface area (Å²) in [5, 5.41) is 0. The molecule has 0 aromatic carbocycles. The second-order valence-electron chi connectivity index (χ2n) is 3.52. The summed E-state index contributed by atoms with van der Waals surface area (Å²) in [6.45, 7) is 1.91. The average molecular weight is 195 g/mol. The number of nitrogens with zero attached hydrogens (tertiary/aromatic N) is 4. The number of anilines is 2. The number of rotatable bonds is 4. The van der Waals surface area contributed by atoms with E-state index < -0.39 is 0 Å². The average Bonchev–Trinajstić information content (AvgIpc) is 2.15. The molecule has 0 radical (unpaired) electrons. The zero-order valence-electron chi connectivity index (χ0n) is 8.94. The van der Waals surface area contributed by atoms with Crippen LogP contribution in [0.1, 0.15) is 0 Å². The van der Waals surface area contributed by atoms with E-state index in [0.29, 0.717) is 5.82 Å². The molecule has 0 spiro atoms. The van der Waals surface area contributed by atoms with Gasteiger partial charge in [0.15, 0.2) is 0 Å². The zero-order valence-corrected chi connectivity index (χ0v) is 8.94. The number of hydrogen-bond donors (Lipinski definition) is 1. The van der Waals surface area contributed by atoms with Gasteiger partial charge in [-0.3, -0.25) is 0 Å². The molecule has 78 valence electrons. The van der Waals surface area contributed by atoms with Crippen LogP contribution in [0.25, 0.3) is 0 Å². The van der Waals surface area contributed by atoms with E-state index in [0.717, 1.165) is 18.9 Å². The fourth-order valence-corrected chi connectivity index (χ4v) is 0.993. The van der Waals surface area contributed by atoms with Gasteiger partial charge in [-0.2, -0.15) is 0 Å². The maximum Gasteiger partial charge on any atom is 0.147 e. The molecule has 0 aliphatic heterocycles. The van der Waals surface area contributed by atoms with E-state index in [-0.39, 0.29) is 0 Å². The van der Waals surface area contributed by atoms with Gasteiger partial charge in [0, 0.05) is 20.1 Å². The van der Waals surface area contributed by atoms with E-state index in [1.807, 2.05) is 26.0 Å². The van der Waals surface area contributed by atoms with Crippen molar-refractivity contribution in [1.29, 1.82) is 0 Å². The Hall–Kier alpha value is -1.36. The highest BCUT2D eigenvalue weighted by Crippen LogP contribution is 2.06. The third-order valence-corrected chi connectivity index (χ3v) is 1.93. The highest BCUT2D eigenvalue weighted by atomic mass is 15.2. The van der Waals surface area contributed by atoms with E-state index in [4.69, 9.17) is 5.73 Å². The van der Waals surface area contributed by atoms with Gasteiger partial charge in [-0.15, -0.1) is 0 Å². The second-order valence-corrected chi connectivity index (χ2v) is 3.52. The highest BCUT2D eigenvalue weighted by Gasteiger charge is 2.02. The van der Waals surface area contributed by atoms with Gasteiger partial charge in [0.05, 0.1) is 12.4 Å². The van der Waals surface area contributed by atoms with Crippen molar-refractivity contribution in [2.75, 3.05) is 44.9 Å². The molecule has 1 aromatic rings. The van der Waals surface area contributed by atoms with Gasteiger partial charge < -0.3 is 15.5 Å². The lowest BCUT2D eigenvalue weighted by Crippen LogP contribution is -2.29. The first-order valence-corrected chi connectivity index (χ1v) is 4.53. The van der Waals surface area contributed by atoms with Crippen molar-refractivity contribution in [3.8, 4) is 0 Å². The normalized spacial score (nSPS) is 10.6. The van der Waals surface area contributed by atoms with Gasteiger partial charge in [0.1, 0.15) is 11.6 Å². The summed E-state index contributed by atoms with van der Waals surface area (Å²) in [6, 6.07) is 0. The number of nitrogens with two attached hydrogens (primary N) is 1.